The molecule has 4 aromatic rings. The first kappa shape index (κ1) is 25.1. The number of nitrogens with zero attached hydrogens (tertiary/aromatic N) is 3. The molecule has 1 N–H and O–H groups in total. The quantitative estimate of drug-likeness (QED) is 0.382. The van der Waals surface area contributed by atoms with Crippen LogP contribution in [-0.2, 0) is 24.4 Å². The van der Waals surface area contributed by atoms with Crippen LogP contribution in [0.2, 0.25) is 0 Å². The van der Waals surface area contributed by atoms with Crippen LogP contribution in [0.15, 0.2) is 84.9 Å². The highest BCUT2D eigenvalue weighted by molar-refractivity contribution is 6.00. The van der Waals surface area contributed by atoms with E-state index in [9.17, 15) is 9.59 Å². The molecule has 5 rings (SSSR count). The Morgan fingerprint density at radius 2 is 1.63 bits per heavy atom. The SMILES string of the molecule is COc1ccc(-c2cc3n(n2)C[C@@](C)(C(=O)NCc2ccccc2)N(Cc2cccc(OC)c2)C3=O)cc1. The number of carbonyl (C=O) groups excluding carboxylic acids is 2. The molecule has 0 saturated heterocycles. The first-order valence-corrected chi connectivity index (χ1v) is 12.4. The summed E-state index contributed by atoms with van der Waals surface area (Å²) in [5.41, 5.74) is 2.62. The van der Waals surface area contributed by atoms with Crippen LogP contribution in [0.3, 0.4) is 0 Å². The van der Waals surface area contributed by atoms with E-state index >= 15 is 0 Å². The molecule has 0 saturated carbocycles. The molecule has 194 valence electrons. The van der Waals surface area contributed by atoms with Crippen molar-refractivity contribution in [3.05, 3.63) is 102 Å². The minimum absolute atomic E-state index is 0.217. The Kier molecular flexibility index (Phi) is 6.87. The Bertz CT molecular complexity index is 1450. The van der Waals surface area contributed by atoms with Gasteiger partial charge >= 0.3 is 0 Å². The lowest BCUT2D eigenvalue weighted by atomic mass is 9.94. The zero-order valence-electron chi connectivity index (χ0n) is 21.7. The average Bonchev–Trinajstić information content (AvgIpc) is 3.38. The number of rotatable bonds is 8. The molecule has 1 aliphatic heterocycles. The number of methoxy groups -OCH3 is 2. The number of benzene rings is 3. The van der Waals surface area contributed by atoms with Crippen LogP contribution >= 0.6 is 0 Å². The lowest BCUT2D eigenvalue weighted by Gasteiger charge is -2.43. The fraction of sp³-hybridized carbons (Fsp3) is 0.233. The van der Waals surface area contributed by atoms with Gasteiger partial charge in [-0.3, -0.25) is 14.3 Å². The topological polar surface area (TPSA) is 85.7 Å². The fourth-order valence-corrected chi connectivity index (χ4v) is 4.71. The van der Waals surface area contributed by atoms with Crippen molar-refractivity contribution in [2.45, 2.75) is 32.1 Å². The third kappa shape index (κ3) is 4.85. The summed E-state index contributed by atoms with van der Waals surface area (Å²) in [5, 5.41) is 7.76. The van der Waals surface area contributed by atoms with E-state index in [0.29, 0.717) is 23.7 Å². The van der Waals surface area contributed by atoms with Crippen LogP contribution in [0.4, 0.5) is 0 Å². The summed E-state index contributed by atoms with van der Waals surface area (Å²) in [6.07, 6.45) is 0. The van der Waals surface area contributed by atoms with Crippen molar-refractivity contribution in [1.29, 1.82) is 0 Å². The average molecular weight is 511 g/mol. The van der Waals surface area contributed by atoms with E-state index in [1.54, 1.807) is 36.8 Å². The first-order chi connectivity index (χ1) is 18.4. The van der Waals surface area contributed by atoms with Gasteiger partial charge in [-0.15, -0.1) is 0 Å². The van der Waals surface area contributed by atoms with Gasteiger partial charge in [0.15, 0.2) is 0 Å². The Morgan fingerprint density at radius 1 is 0.921 bits per heavy atom. The third-order valence-corrected chi connectivity index (χ3v) is 6.94. The van der Waals surface area contributed by atoms with Gasteiger partial charge in [0.25, 0.3) is 5.91 Å². The van der Waals surface area contributed by atoms with Crippen molar-refractivity contribution in [2.75, 3.05) is 14.2 Å². The number of fused-ring (bicyclic) bond motifs is 1. The molecule has 0 aliphatic carbocycles. The first-order valence-electron chi connectivity index (χ1n) is 12.4. The summed E-state index contributed by atoms with van der Waals surface area (Å²) in [6, 6.07) is 26.5. The minimum atomic E-state index is -1.18. The van der Waals surface area contributed by atoms with E-state index in [4.69, 9.17) is 14.6 Å². The minimum Gasteiger partial charge on any atom is -0.497 e. The van der Waals surface area contributed by atoms with E-state index in [0.717, 1.165) is 22.4 Å². The molecule has 0 fully saturated rings. The second kappa shape index (κ2) is 10.4. The molecular weight excluding hydrogens is 480 g/mol. The van der Waals surface area contributed by atoms with Crippen LogP contribution in [0, 0.1) is 0 Å². The van der Waals surface area contributed by atoms with Crippen molar-refractivity contribution < 1.29 is 19.1 Å². The van der Waals surface area contributed by atoms with E-state index in [2.05, 4.69) is 5.32 Å². The number of hydrogen-bond acceptors (Lipinski definition) is 5. The van der Waals surface area contributed by atoms with Gasteiger partial charge in [-0.25, -0.2) is 0 Å². The molecule has 8 heteroatoms. The van der Waals surface area contributed by atoms with Crippen molar-refractivity contribution in [2.24, 2.45) is 0 Å². The summed E-state index contributed by atoms with van der Waals surface area (Å²) in [4.78, 5) is 29.3. The molecule has 1 atom stereocenters. The molecule has 0 bridgehead atoms. The summed E-state index contributed by atoms with van der Waals surface area (Å²) >= 11 is 0. The van der Waals surface area contributed by atoms with E-state index in [1.165, 1.54) is 0 Å². The Labute approximate surface area is 221 Å². The smallest absolute Gasteiger partial charge is 0.273 e. The number of carbonyl (C=O) groups is 2. The molecule has 1 aliphatic rings. The normalized spacial score (nSPS) is 16.6. The van der Waals surface area contributed by atoms with Crippen LogP contribution in [-0.4, -0.2) is 46.3 Å². The zero-order chi connectivity index (χ0) is 26.7. The van der Waals surface area contributed by atoms with Gasteiger partial charge in [0.2, 0.25) is 5.91 Å². The zero-order valence-corrected chi connectivity index (χ0v) is 21.7. The number of aromatic nitrogens is 2. The van der Waals surface area contributed by atoms with Crippen molar-refractivity contribution in [1.82, 2.24) is 20.0 Å². The van der Waals surface area contributed by atoms with Crippen LogP contribution in [0.5, 0.6) is 11.5 Å². The van der Waals surface area contributed by atoms with E-state index in [1.807, 2.05) is 78.9 Å². The lowest BCUT2D eigenvalue weighted by molar-refractivity contribution is -0.133. The standard InChI is InChI=1S/C30H30N4O4/c1-30(29(36)31-18-21-8-5-4-6-9-21)20-34-27(17-26(32-34)23-12-14-24(37-2)15-13-23)28(35)33(30)19-22-10-7-11-25(16-22)38-3/h4-17H,18-20H2,1-3H3,(H,31,36)/t30-/m0/s1. The highest BCUT2D eigenvalue weighted by atomic mass is 16.5. The summed E-state index contributed by atoms with van der Waals surface area (Å²) in [5.74, 6) is 0.920. The molecular formula is C30H30N4O4. The Hall–Kier alpha value is -4.59. The summed E-state index contributed by atoms with van der Waals surface area (Å²) in [7, 11) is 3.22. The van der Waals surface area contributed by atoms with Gasteiger partial charge in [0.1, 0.15) is 22.7 Å². The molecule has 0 spiro atoms. The largest absolute Gasteiger partial charge is 0.497 e. The number of amides is 2. The van der Waals surface area contributed by atoms with E-state index in [-0.39, 0.29) is 24.9 Å². The maximum atomic E-state index is 13.9. The maximum absolute atomic E-state index is 13.9. The van der Waals surface area contributed by atoms with Gasteiger partial charge in [-0.05, 0) is 60.5 Å². The van der Waals surface area contributed by atoms with Gasteiger partial charge < -0.3 is 19.7 Å². The monoisotopic (exact) mass is 510 g/mol. The predicted molar refractivity (Wildman–Crippen MR) is 144 cm³/mol. The Morgan fingerprint density at radius 3 is 2.34 bits per heavy atom. The fourth-order valence-electron chi connectivity index (χ4n) is 4.71. The van der Waals surface area contributed by atoms with E-state index < -0.39 is 5.54 Å². The van der Waals surface area contributed by atoms with Crippen molar-refractivity contribution in [3.63, 3.8) is 0 Å². The van der Waals surface area contributed by atoms with Gasteiger partial charge in [0, 0.05) is 18.7 Å². The van der Waals surface area contributed by atoms with Crippen LogP contribution in [0.25, 0.3) is 11.3 Å². The molecule has 2 heterocycles. The maximum Gasteiger partial charge on any atom is 0.273 e. The summed E-state index contributed by atoms with van der Waals surface area (Å²) in [6.45, 7) is 2.62. The molecule has 8 nitrogen and oxygen atoms in total. The number of nitrogens with one attached hydrogen (secondary N) is 1. The lowest BCUT2D eigenvalue weighted by Crippen LogP contribution is -2.63. The molecule has 38 heavy (non-hydrogen) atoms. The predicted octanol–water partition coefficient (Wildman–Crippen LogP) is 4.30. The highest BCUT2D eigenvalue weighted by Crippen LogP contribution is 2.32. The van der Waals surface area contributed by atoms with Gasteiger partial charge in [0.05, 0.1) is 26.5 Å². The molecule has 0 unspecified atom stereocenters. The Balaban J connectivity index is 1.49. The molecule has 1 aromatic heterocycles. The second-order valence-corrected chi connectivity index (χ2v) is 9.49. The van der Waals surface area contributed by atoms with Crippen LogP contribution < -0.4 is 14.8 Å². The number of hydrogen-bond donors (Lipinski definition) is 1. The van der Waals surface area contributed by atoms with Crippen molar-refractivity contribution in [3.8, 4) is 22.8 Å². The summed E-state index contributed by atoms with van der Waals surface area (Å²) < 4.78 is 12.3. The molecule has 0 radical (unpaired) electrons. The third-order valence-electron chi connectivity index (χ3n) is 6.94. The molecule has 3 aromatic carbocycles. The van der Waals surface area contributed by atoms with Crippen LogP contribution in [0.1, 0.15) is 28.5 Å². The van der Waals surface area contributed by atoms with Gasteiger partial charge in [-0.1, -0.05) is 42.5 Å². The molecule has 2 amide bonds. The van der Waals surface area contributed by atoms with Gasteiger partial charge in [-0.2, -0.15) is 5.10 Å². The second-order valence-electron chi connectivity index (χ2n) is 9.49. The number of ether oxygens (including phenoxy) is 2. The highest BCUT2D eigenvalue weighted by Gasteiger charge is 2.48. The van der Waals surface area contributed by atoms with Crippen molar-refractivity contribution >= 4 is 11.8 Å².